The second-order valence-electron chi connectivity index (χ2n) is 4.40. The predicted molar refractivity (Wildman–Crippen MR) is 84.8 cm³/mol. The van der Waals surface area contributed by atoms with Crippen LogP contribution in [-0.4, -0.2) is 22.0 Å². The minimum absolute atomic E-state index is 0.0858. The molecule has 0 unspecified atom stereocenters. The van der Waals surface area contributed by atoms with Crippen LogP contribution in [0.3, 0.4) is 0 Å². The summed E-state index contributed by atoms with van der Waals surface area (Å²) in [6.45, 7) is 2.79. The number of para-hydroxylation sites is 4. The molecule has 0 aliphatic heterocycles. The van der Waals surface area contributed by atoms with E-state index in [1.54, 1.807) is 36.4 Å². The highest BCUT2D eigenvalue weighted by atomic mass is 16.3. The number of rotatable bonds is 2. The standard InChI is InChI=1S/2C8H9NO2/c2*1-6(10)9-7-4-2-3-5-8(7)11/h2*2-5,11H,1H3,(H,9,10). The van der Waals surface area contributed by atoms with Gasteiger partial charge in [-0.1, -0.05) is 24.3 Å². The number of benzene rings is 2. The first-order valence-electron chi connectivity index (χ1n) is 6.51. The molecule has 2 aromatic rings. The Bertz CT molecular complexity index is 599. The normalized spacial score (nSPS) is 9.18. The van der Waals surface area contributed by atoms with Gasteiger partial charge in [0.25, 0.3) is 0 Å². The van der Waals surface area contributed by atoms with Gasteiger partial charge in [0.1, 0.15) is 11.5 Å². The van der Waals surface area contributed by atoms with Gasteiger partial charge in [-0.15, -0.1) is 0 Å². The lowest BCUT2D eigenvalue weighted by Gasteiger charge is -2.02. The van der Waals surface area contributed by atoms with Crippen LogP contribution in [0.15, 0.2) is 48.5 Å². The van der Waals surface area contributed by atoms with Gasteiger partial charge in [0.05, 0.1) is 11.4 Å². The Labute approximate surface area is 128 Å². The minimum atomic E-state index is -0.188. The molecule has 0 saturated carbocycles. The average molecular weight is 302 g/mol. The Balaban J connectivity index is 0.000000220. The van der Waals surface area contributed by atoms with E-state index in [1.165, 1.54) is 26.0 Å². The van der Waals surface area contributed by atoms with Gasteiger partial charge in [-0.05, 0) is 24.3 Å². The number of phenolic OH excluding ortho intramolecular Hbond substituents is 2. The molecule has 0 aliphatic carbocycles. The van der Waals surface area contributed by atoms with Crippen molar-refractivity contribution in [1.82, 2.24) is 0 Å². The number of phenols is 2. The average Bonchev–Trinajstić information content (AvgIpc) is 2.44. The molecule has 0 radical (unpaired) electrons. The molecule has 0 fully saturated rings. The molecule has 0 bridgehead atoms. The number of hydrogen-bond donors (Lipinski definition) is 4. The smallest absolute Gasteiger partial charge is 0.221 e. The summed E-state index contributed by atoms with van der Waals surface area (Å²) in [7, 11) is 0. The van der Waals surface area contributed by atoms with E-state index in [4.69, 9.17) is 10.2 Å². The summed E-state index contributed by atoms with van der Waals surface area (Å²) in [6, 6.07) is 13.2. The molecule has 0 atom stereocenters. The van der Waals surface area contributed by atoms with E-state index in [-0.39, 0.29) is 23.3 Å². The van der Waals surface area contributed by atoms with Crippen LogP contribution in [0.5, 0.6) is 11.5 Å². The second-order valence-corrected chi connectivity index (χ2v) is 4.40. The Morgan fingerprint density at radius 3 is 1.32 bits per heavy atom. The molecule has 2 aromatic carbocycles. The quantitative estimate of drug-likeness (QED) is 0.641. The number of amides is 2. The van der Waals surface area contributed by atoms with E-state index >= 15 is 0 Å². The third kappa shape index (κ3) is 5.96. The van der Waals surface area contributed by atoms with E-state index < -0.39 is 0 Å². The summed E-state index contributed by atoms with van der Waals surface area (Å²) in [5.74, 6) is -0.205. The lowest BCUT2D eigenvalue weighted by atomic mass is 10.3. The van der Waals surface area contributed by atoms with Crippen LogP contribution in [0, 0.1) is 0 Å². The van der Waals surface area contributed by atoms with Crippen LogP contribution >= 0.6 is 0 Å². The van der Waals surface area contributed by atoms with Crippen molar-refractivity contribution in [1.29, 1.82) is 0 Å². The molecule has 2 rings (SSSR count). The number of aromatic hydroxyl groups is 2. The van der Waals surface area contributed by atoms with Crippen LogP contribution in [0.2, 0.25) is 0 Å². The Morgan fingerprint density at radius 2 is 1.05 bits per heavy atom. The first kappa shape index (κ1) is 17.0. The third-order valence-electron chi connectivity index (χ3n) is 2.43. The van der Waals surface area contributed by atoms with Crippen LogP contribution in [0.1, 0.15) is 13.8 Å². The summed E-state index contributed by atoms with van der Waals surface area (Å²) in [5, 5.41) is 23.3. The highest BCUT2D eigenvalue weighted by Gasteiger charge is 1.99. The van der Waals surface area contributed by atoms with E-state index in [0.29, 0.717) is 11.4 Å². The molecule has 116 valence electrons. The first-order valence-corrected chi connectivity index (χ1v) is 6.51. The minimum Gasteiger partial charge on any atom is -0.506 e. The highest BCUT2D eigenvalue weighted by Crippen LogP contribution is 2.21. The summed E-state index contributed by atoms with van der Waals surface area (Å²) in [5.41, 5.74) is 0.889. The summed E-state index contributed by atoms with van der Waals surface area (Å²) in [4.78, 5) is 21.1. The maximum atomic E-state index is 10.5. The number of anilines is 2. The van der Waals surface area contributed by atoms with E-state index in [2.05, 4.69) is 10.6 Å². The number of hydrogen-bond acceptors (Lipinski definition) is 4. The van der Waals surface area contributed by atoms with Crippen molar-refractivity contribution < 1.29 is 19.8 Å². The van der Waals surface area contributed by atoms with Gasteiger partial charge in [0, 0.05) is 13.8 Å². The summed E-state index contributed by atoms with van der Waals surface area (Å²) in [6.07, 6.45) is 0. The SMILES string of the molecule is CC(=O)Nc1ccccc1O.CC(=O)Nc1ccccc1O. The van der Waals surface area contributed by atoms with Crippen molar-refractivity contribution in [3.8, 4) is 11.5 Å². The Kier molecular flexibility index (Phi) is 6.43. The number of carbonyl (C=O) groups excluding carboxylic acids is 2. The van der Waals surface area contributed by atoms with Gasteiger partial charge in [-0.3, -0.25) is 9.59 Å². The maximum Gasteiger partial charge on any atom is 0.221 e. The van der Waals surface area contributed by atoms with E-state index in [1.807, 2.05) is 0 Å². The summed E-state index contributed by atoms with van der Waals surface area (Å²) < 4.78 is 0. The molecule has 6 heteroatoms. The topological polar surface area (TPSA) is 98.7 Å². The van der Waals surface area contributed by atoms with Crippen molar-refractivity contribution in [3.05, 3.63) is 48.5 Å². The number of nitrogens with one attached hydrogen (secondary N) is 2. The van der Waals surface area contributed by atoms with Gasteiger partial charge >= 0.3 is 0 Å². The third-order valence-corrected chi connectivity index (χ3v) is 2.43. The van der Waals surface area contributed by atoms with Crippen molar-refractivity contribution in [3.63, 3.8) is 0 Å². The molecule has 2 amide bonds. The zero-order chi connectivity index (χ0) is 16.5. The molecule has 4 N–H and O–H groups in total. The fourth-order valence-corrected chi connectivity index (χ4v) is 1.54. The molecular weight excluding hydrogens is 284 g/mol. The Hall–Kier alpha value is -3.02. The fourth-order valence-electron chi connectivity index (χ4n) is 1.54. The maximum absolute atomic E-state index is 10.5. The van der Waals surface area contributed by atoms with Crippen LogP contribution in [0.25, 0.3) is 0 Å². The molecule has 0 aromatic heterocycles. The fraction of sp³-hybridized carbons (Fsp3) is 0.125. The molecule has 6 nitrogen and oxygen atoms in total. The van der Waals surface area contributed by atoms with Crippen molar-refractivity contribution in [2.45, 2.75) is 13.8 Å². The predicted octanol–water partition coefficient (Wildman–Crippen LogP) is 2.70. The second kappa shape index (κ2) is 8.31. The highest BCUT2D eigenvalue weighted by molar-refractivity contribution is 5.90. The van der Waals surface area contributed by atoms with Crippen LogP contribution in [-0.2, 0) is 9.59 Å². The lowest BCUT2D eigenvalue weighted by Crippen LogP contribution is -2.05. The van der Waals surface area contributed by atoms with Crippen molar-refractivity contribution >= 4 is 23.2 Å². The zero-order valence-corrected chi connectivity index (χ0v) is 12.3. The lowest BCUT2D eigenvalue weighted by molar-refractivity contribution is -0.115. The molecule has 0 spiro atoms. The van der Waals surface area contributed by atoms with Crippen molar-refractivity contribution in [2.75, 3.05) is 10.6 Å². The monoisotopic (exact) mass is 302 g/mol. The number of carbonyl (C=O) groups is 2. The van der Waals surface area contributed by atoms with Crippen molar-refractivity contribution in [2.24, 2.45) is 0 Å². The zero-order valence-electron chi connectivity index (χ0n) is 12.3. The van der Waals surface area contributed by atoms with Crippen LogP contribution < -0.4 is 10.6 Å². The van der Waals surface area contributed by atoms with Gasteiger partial charge in [-0.25, -0.2) is 0 Å². The first-order chi connectivity index (χ1) is 10.4. The van der Waals surface area contributed by atoms with E-state index in [0.717, 1.165) is 0 Å². The van der Waals surface area contributed by atoms with Gasteiger partial charge in [0.2, 0.25) is 11.8 Å². The molecule has 0 heterocycles. The molecule has 22 heavy (non-hydrogen) atoms. The molecular formula is C16H18N2O4. The molecule has 0 saturated heterocycles. The van der Waals surface area contributed by atoms with Gasteiger partial charge in [0.15, 0.2) is 0 Å². The Morgan fingerprint density at radius 1 is 0.727 bits per heavy atom. The summed E-state index contributed by atoms with van der Waals surface area (Å²) >= 11 is 0. The van der Waals surface area contributed by atoms with Crippen LogP contribution in [0.4, 0.5) is 11.4 Å². The molecule has 0 aliphatic rings. The van der Waals surface area contributed by atoms with Gasteiger partial charge < -0.3 is 20.8 Å². The van der Waals surface area contributed by atoms with E-state index in [9.17, 15) is 9.59 Å². The largest absolute Gasteiger partial charge is 0.506 e. The van der Waals surface area contributed by atoms with Gasteiger partial charge in [-0.2, -0.15) is 0 Å².